The highest BCUT2D eigenvalue weighted by Crippen LogP contribution is 2.34. The van der Waals surface area contributed by atoms with Gasteiger partial charge in [0.15, 0.2) is 24.5 Å². The number of esters is 3. The van der Waals surface area contributed by atoms with E-state index in [2.05, 4.69) is 4.98 Å². The number of nitrogens with zero attached hydrogens (tertiary/aromatic N) is 2. The van der Waals surface area contributed by atoms with Crippen LogP contribution in [0.3, 0.4) is 0 Å². The van der Waals surface area contributed by atoms with Crippen molar-refractivity contribution in [1.82, 2.24) is 9.55 Å². The number of ether oxygens (including phenoxy) is 4. The molecule has 1 aromatic carbocycles. The molecule has 1 saturated heterocycles. The van der Waals surface area contributed by atoms with Gasteiger partial charge in [-0.2, -0.15) is 0 Å². The fraction of sp³-hybridized carbons (Fsp3) is 0.474. The molecule has 1 fully saturated rings. The van der Waals surface area contributed by atoms with Gasteiger partial charge in [-0.1, -0.05) is 11.6 Å². The summed E-state index contributed by atoms with van der Waals surface area (Å²) in [6, 6.07) is 3.42. The number of aromatic nitrogens is 2. The first kappa shape index (κ1) is 17.2. The lowest BCUT2D eigenvalue weighted by Gasteiger charge is -2.40. The molecule has 10 heteroatoms. The van der Waals surface area contributed by atoms with Gasteiger partial charge in [-0.05, 0) is 24.6 Å². The summed E-state index contributed by atoms with van der Waals surface area (Å²) in [4.78, 5) is 40.0. The number of fused-ring (bicyclic) bond motifs is 1. The van der Waals surface area contributed by atoms with E-state index in [1.807, 2.05) is 6.92 Å². The minimum atomic E-state index is -1.34. The number of carbonyl (C=O) groups is 3. The van der Waals surface area contributed by atoms with Crippen molar-refractivity contribution in [2.24, 2.45) is 0 Å². The van der Waals surface area contributed by atoms with Gasteiger partial charge in [0.25, 0.3) is 0 Å². The van der Waals surface area contributed by atoms with Crippen LogP contribution < -0.4 is 0 Å². The Morgan fingerprint density at radius 2 is 1.79 bits per heavy atom. The Morgan fingerprint density at radius 3 is 2.48 bits per heavy atom. The fourth-order valence-corrected chi connectivity index (χ4v) is 3.35. The predicted octanol–water partition coefficient (Wildman–Crippen LogP) is 2.32. The summed E-state index contributed by atoms with van der Waals surface area (Å²) in [6.45, 7) is -0.544. The second-order valence-corrected chi connectivity index (χ2v) is 6.81. The normalized spacial score (nSPS) is 25.5. The van der Waals surface area contributed by atoms with E-state index >= 15 is 0 Å². The molecule has 0 N–H and O–H groups in total. The van der Waals surface area contributed by atoms with E-state index in [0.717, 1.165) is 5.56 Å². The molecule has 1 unspecified atom stereocenters. The number of aryl methyl sites for hydroxylation is 1. The first-order valence-corrected chi connectivity index (χ1v) is 8.87. The van der Waals surface area contributed by atoms with Crippen molar-refractivity contribution in [2.75, 3.05) is 6.61 Å². The molecule has 2 heterocycles. The van der Waals surface area contributed by atoms with E-state index in [9.17, 15) is 14.4 Å². The van der Waals surface area contributed by atoms with Crippen molar-refractivity contribution in [2.45, 2.75) is 52.2 Å². The van der Waals surface area contributed by atoms with Crippen LogP contribution in [0, 0.1) is 6.92 Å². The maximum Gasteiger partial charge on any atom is 0.303 e. The molecule has 0 spiro atoms. The summed E-state index contributed by atoms with van der Waals surface area (Å²) in [5.74, 6) is -2.77. The van der Waals surface area contributed by atoms with Crippen LogP contribution in [0.15, 0.2) is 18.5 Å². The number of hydrogen-bond acceptors (Lipinski definition) is 8. The first-order valence-electron chi connectivity index (χ1n) is 10.6. The Hall–Kier alpha value is -2.65. The van der Waals surface area contributed by atoms with E-state index in [1.165, 1.54) is 10.9 Å². The highest BCUT2D eigenvalue weighted by atomic mass is 35.5. The van der Waals surface area contributed by atoms with Crippen LogP contribution in [0.25, 0.3) is 11.0 Å². The number of rotatable bonds is 4. The van der Waals surface area contributed by atoms with Crippen molar-refractivity contribution in [3.05, 3.63) is 29.0 Å². The zero-order chi connectivity index (χ0) is 23.4. The largest absolute Gasteiger partial charge is 0.456 e. The van der Waals surface area contributed by atoms with Crippen LogP contribution in [-0.2, 0) is 33.3 Å². The average molecular weight is 428 g/mol. The van der Waals surface area contributed by atoms with Crippen LogP contribution in [-0.4, -0.2) is 52.4 Å². The fourth-order valence-electron chi connectivity index (χ4n) is 3.19. The molecular weight excluding hydrogens is 404 g/mol. The number of hydrogen-bond donors (Lipinski definition) is 0. The first-order chi connectivity index (χ1) is 15.3. The Bertz CT molecular complexity index is 1020. The smallest absolute Gasteiger partial charge is 0.303 e. The molecule has 0 radical (unpaired) electrons. The summed E-state index contributed by atoms with van der Waals surface area (Å²) in [5, 5.41) is 0.467. The quantitative estimate of drug-likeness (QED) is 0.540. The summed E-state index contributed by atoms with van der Waals surface area (Å²) in [6.07, 6.45) is -3.49. The number of benzene rings is 1. The molecular formula is C19H21ClN2O7. The molecule has 1 aliphatic heterocycles. The Balaban J connectivity index is 2.05. The van der Waals surface area contributed by atoms with E-state index in [1.54, 1.807) is 12.1 Å². The van der Waals surface area contributed by atoms with Crippen LogP contribution in [0.2, 0.25) is 5.02 Å². The van der Waals surface area contributed by atoms with Crippen LogP contribution in [0.5, 0.6) is 0 Å². The zero-order valence-corrected chi connectivity index (χ0v) is 16.3. The van der Waals surface area contributed by atoms with Gasteiger partial charge < -0.3 is 23.5 Å². The highest BCUT2D eigenvalue weighted by molar-refractivity contribution is 6.32. The molecule has 0 amide bonds. The minimum Gasteiger partial charge on any atom is -0.456 e. The summed E-state index contributed by atoms with van der Waals surface area (Å²) in [7, 11) is 0. The summed E-state index contributed by atoms with van der Waals surface area (Å²) >= 11 is 6.25. The van der Waals surface area contributed by atoms with Crippen molar-refractivity contribution in [3.8, 4) is 0 Å². The monoisotopic (exact) mass is 427 g/mol. The van der Waals surface area contributed by atoms with E-state index in [0.29, 0.717) is 16.1 Å². The van der Waals surface area contributed by atoms with Gasteiger partial charge in [0.05, 0.1) is 24.0 Å². The predicted molar refractivity (Wildman–Crippen MR) is 101 cm³/mol. The standard InChI is InChI=1S/C19H21ClN2O7/c1-9-5-14-15(6-13(9)20)22(8-21-14)19-18(29-12(4)25)17(28-11(3)24)16(7-26-19)27-10(2)23/h5-6,8,16-19H,7H2,1-4H3/t16-,17-,18-,19?/m1/s1/i2D,3D,4D. The zero-order valence-electron chi connectivity index (χ0n) is 18.5. The second kappa shape index (κ2) is 8.38. The Labute approximate surface area is 176 Å². The number of carbonyl (C=O) groups excluding carboxylic acids is 3. The molecule has 0 aliphatic carbocycles. The molecule has 29 heavy (non-hydrogen) atoms. The van der Waals surface area contributed by atoms with Crippen molar-refractivity contribution < 1.29 is 37.4 Å². The van der Waals surface area contributed by atoms with Crippen LogP contribution in [0.1, 0.15) is 36.6 Å². The van der Waals surface area contributed by atoms with Crippen molar-refractivity contribution in [3.63, 3.8) is 0 Å². The molecule has 4 atom stereocenters. The van der Waals surface area contributed by atoms with Gasteiger partial charge in [-0.15, -0.1) is 0 Å². The molecule has 2 aromatic rings. The third kappa shape index (κ3) is 4.51. The topological polar surface area (TPSA) is 106 Å². The molecule has 0 saturated carbocycles. The summed E-state index contributed by atoms with van der Waals surface area (Å²) < 4.78 is 44.9. The Kier molecular flexibility index (Phi) is 4.98. The van der Waals surface area contributed by atoms with Gasteiger partial charge in [0.2, 0.25) is 0 Å². The molecule has 1 aromatic heterocycles. The highest BCUT2D eigenvalue weighted by Gasteiger charge is 2.48. The van der Waals surface area contributed by atoms with Crippen molar-refractivity contribution in [1.29, 1.82) is 0 Å². The SMILES string of the molecule is [2H]CC(=O)O[C@@H]1[C@H](OC(=O)C[2H])COC(n2cnc3cc(C)c(Cl)cc32)[C@@H]1OC(=O)C[2H]. The van der Waals surface area contributed by atoms with Gasteiger partial charge >= 0.3 is 17.9 Å². The summed E-state index contributed by atoms with van der Waals surface area (Å²) in [5.41, 5.74) is 1.93. The van der Waals surface area contributed by atoms with Gasteiger partial charge in [0, 0.05) is 29.8 Å². The van der Waals surface area contributed by atoms with E-state index in [4.69, 9.17) is 34.7 Å². The van der Waals surface area contributed by atoms with E-state index < -0.39 is 63.1 Å². The van der Waals surface area contributed by atoms with Crippen LogP contribution >= 0.6 is 11.6 Å². The third-order valence-corrected chi connectivity index (χ3v) is 4.76. The molecule has 156 valence electrons. The number of halogens is 1. The lowest BCUT2D eigenvalue weighted by Crippen LogP contribution is -2.55. The maximum absolute atomic E-state index is 12.0. The third-order valence-electron chi connectivity index (χ3n) is 4.35. The van der Waals surface area contributed by atoms with Crippen molar-refractivity contribution >= 4 is 40.5 Å². The lowest BCUT2D eigenvalue weighted by molar-refractivity contribution is -0.239. The maximum atomic E-state index is 12.0. The molecule has 1 aliphatic rings. The number of imidazole rings is 1. The van der Waals surface area contributed by atoms with Gasteiger partial charge in [-0.25, -0.2) is 4.98 Å². The molecule has 3 rings (SSSR count). The second-order valence-electron chi connectivity index (χ2n) is 6.40. The van der Waals surface area contributed by atoms with Gasteiger partial charge in [0.1, 0.15) is 0 Å². The van der Waals surface area contributed by atoms with E-state index in [-0.39, 0.29) is 6.61 Å². The van der Waals surface area contributed by atoms with Crippen LogP contribution in [0.4, 0.5) is 0 Å². The molecule has 0 bridgehead atoms. The molecule has 9 nitrogen and oxygen atoms in total. The lowest BCUT2D eigenvalue weighted by atomic mass is 10.0. The Morgan fingerprint density at radius 1 is 1.14 bits per heavy atom. The van der Waals surface area contributed by atoms with Gasteiger partial charge in [-0.3, -0.25) is 14.4 Å². The minimum absolute atomic E-state index is 0.249. The average Bonchev–Trinajstić information content (AvgIpc) is 3.17.